The van der Waals surface area contributed by atoms with Crippen LogP contribution in [-0.4, -0.2) is 25.6 Å². The number of nitrogens with zero attached hydrogens (tertiary/aromatic N) is 3. The second kappa shape index (κ2) is 6.32. The van der Waals surface area contributed by atoms with Gasteiger partial charge in [-0.2, -0.15) is 0 Å². The van der Waals surface area contributed by atoms with Crippen molar-refractivity contribution < 1.29 is 14.6 Å². The summed E-state index contributed by atoms with van der Waals surface area (Å²) in [4.78, 5) is 39.7. The van der Waals surface area contributed by atoms with Crippen molar-refractivity contribution in [3.05, 3.63) is 86.3 Å². The van der Waals surface area contributed by atoms with E-state index in [1.54, 1.807) is 6.07 Å². The number of imidazole rings is 1. The number of non-ortho nitro benzene ring substituents is 2. The summed E-state index contributed by atoms with van der Waals surface area (Å²) in [7, 11) is 0. The zero-order valence-electron chi connectivity index (χ0n) is 12.6. The second-order valence-electron chi connectivity index (χ2n) is 5.09. The molecule has 0 spiro atoms. The Balaban J connectivity index is 1.92. The summed E-state index contributed by atoms with van der Waals surface area (Å²) < 4.78 is 0. The highest BCUT2D eigenvalue weighted by atomic mass is 16.6. The molecule has 0 fully saturated rings. The van der Waals surface area contributed by atoms with Gasteiger partial charge in [0.25, 0.3) is 11.4 Å². The summed E-state index contributed by atoms with van der Waals surface area (Å²) in [5, 5.41) is 21.6. The first-order chi connectivity index (χ1) is 12.0. The molecule has 0 bridgehead atoms. The molecule has 124 valence electrons. The third-order valence-electron chi connectivity index (χ3n) is 3.48. The zero-order chi connectivity index (χ0) is 18.0. The third-order valence-corrected chi connectivity index (χ3v) is 3.48. The molecule has 0 saturated heterocycles. The summed E-state index contributed by atoms with van der Waals surface area (Å²) in [6.07, 6.45) is 1.38. The Morgan fingerprint density at radius 1 is 0.960 bits per heavy atom. The number of hydrogen-bond acceptors (Lipinski definition) is 6. The van der Waals surface area contributed by atoms with E-state index in [4.69, 9.17) is 0 Å². The molecule has 3 rings (SSSR count). The van der Waals surface area contributed by atoms with Crippen LogP contribution in [0.25, 0.3) is 11.3 Å². The summed E-state index contributed by atoms with van der Waals surface area (Å²) in [6, 6.07) is 11.2. The van der Waals surface area contributed by atoms with E-state index in [1.165, 1.54) is 42.6 Å². The van der Waals surface area contributed by atoms with Crippen LogP contribution in [0, 0.1) is 20.2 Å². The van der Waals surface area contributed by atoms with Gasteiger partial charge in [0.1, 0.15) is 0 Å². The van der Waals surface area contributed by atoms with Gasteiger partial charge in [-0.15, -0.1) is 0 Å². The van der Waals surface area contributed by atoms with Crippen LogP contribution in [0.1, 0.15) is 16.2 Å². The number of nitro benzene ring substituents is 2. The molecule has 1 N–H and O–H groups in total. The topological polar surface area (TPSA) is 132 Å². The van der Waals surface area contributed by atoms with E-state index in [9.17, 15) is 25.0 Å². The largest absolute Gasteiger partial charge is 0.335 e. The molecule has 9 nitrogen and oxygen atoms in total. The van der Waals surface area contributed by atoms with E-state index in [0.29, 0.717) is 11.3 Å². The predicted octanol–water partition coefficient (Wildman–Crippen LogP) is 3.12. The Morgan fingerprint density at radius 2 is 1.60 bits per heavy atom. The van der Waals surface area contributed by atoms with Crippen LogP contribution in [0.2, 0.25) is 0 Å². The van der Waals surface area contributed by atoms with Crippen LogP contribution in [0.5, 0.6) is 0 Å². The molecular formula is C16H10N4O5. The highest BCUT2D eigenvalue weighted by Gasteiger charge is 2.17. The van der Waals surface area contributed by atoms with Crippen molar-refractivity contribution in [1.29, 1.82) is 0 Å². The molecule has 25 heavy (non-hydrogen) atoms. The monoisotopic (exact) mass is 338 g/mol. The molecule has 1 aromatic heterocycles. The molecule has 0 aliphatic carbocycles. The summed E-state index contributed by atoms with van der Waals surface area (Å²) >= 11 is 0. The number of nitrogens with one attached hydrogen (secondary N) is 1. The van der Waals surface area contributed by atoms with Crippen molar-refractivity contribution in [3.8, 4) is 11.3 Å². The Bertz CT molecular complexity index is 995. The number of benzene rings is 2. The normalized spacial score (nSPS) is 10.4. The minimum Gasteiger partial charge on any atom is -0.335 e. The lowest BCUT2D eigenvalue weighted by Crippen LogP contribution is -2.04. The number of carbonyl (C=O) groups excluding carboxylic acids is 1. The van der Waals surface area contributed by atoms with Gasteiger partial charge in [-0.25, -0.2) is 4.98 Å². The number of aromatic amines is 1. The third kappa shape index (κ3) is 3.24. The summed E-state index contributed by atoms with van der Waals surface area (Å²) in [5.41, 5.74) is 0.765. The highest BCUT2D eigenvalue weighted by Crippen LogP contribution is 2.23. The zero-order valence-corrected chi connectivity index (χ0v) is 12.6. The van der Waals surface area contributed by atoms with E-state index in [0.717, 1.165) is 6.07 Å². The minimum atomic E-state index is -0.590. The predicted molar refractivity (Wildman–Crippen MR) is 87.2 cm³/mol. The van der Waals surface area contributed by atoms with Crippen LogP contribution in [-0.2, 0) is 0 Å². The SMILES string of the molecule is O=C(c1cccc([N+](=O)[O-])c1)c1ncc(-c2cccc([N+](=O)[O-])c2)[nH]1. The van der Waals surface area contributed by atoms with Gasteiger partial charge in [0, 0.05) is 35.4 Å². The first kappa shape index (κ1) is 16.0. The van der Waals surface area contributed by atoms with Crippen LogP contribution < -0.4 is 0 Å². The van der Waals surface area contributed by atoms with Crippen LogP contribution in [0.15, 0.2) is 54.7 Å². The molecule has 0 aliphatic heterocycles. The van der Waals surface area contributed by atoms with Gasteiger partial charge in [-0.3, -0.25) is 25.0 Å². The fourth-order valence-corrected chi connectivity index (χ4v) is 2.27. The molecular weight excluding hydrogens is 328 g/mol. The van der Waals surface area contributed by atoms with E-state index < -0.39 is 15.6 Å². The van der Waals surface area contributed by atoms with Gasteiger partial charge in [0.2, 0.25) is 5.78 Å². The van der Waals surface area contributed by atoms with Crippen molar-refractivity contribution >= 4 is 17.2 Å². The number of H-pyrrole nitrogens is 1. The molecule has 9 heteroatoms. The van der Waals surface area contributed by atoms with Gasteiger partial charge in [0.05, 0.1) is 21.7 Å². The van der Waals surface area contributed by atoms with Gasteiger partial charge < -0.3 is 4.98 Å². The van der Waals surface area contributed by atoms with E-state index in [-0.39, 0.29) is 22.8 Å². The maximum Gasteiger partial charge on any atom is 0.270 e. The van der Waals surface area contributed by atoms with Crippen LogP contribution in [0.4, 0.5) is 11.4 Å². The second-order valence-corrected chi connectivity index (χ2v) is 5.09. The summed E-state index contributed by atoms with van der Waals surface area (Å²) in [6.45, 7) is 0. The van der Waals surface area contributed by atoms with Crippen LogP contribution in [0.3, 0.4) is 0 Å². The smallest absolute Gasteiger partial charge is 0.270 e. The maximum atomic E-state index is 12.4. The Hall–Kier alpha value is -3.88. The van der Waals surface area contributed by atoms with E-state index in [1.807, 2.05) is 0 Å². The average Bonchev–Trinajstić information content (AvgIpc) is 3.11. The van der Waals surface area contributed by atoms with Crippen molar-refractivity contribution in [1.82, 2.24) is 9.97 Å². The number of carbonyl (C=O) groups is 1. The Labute approximate surface area is 140 Å². The number of nitro groups is 2. The molecule has 3 aromatic rings. The minimum absolute atomic E-state index is 0.0120. The Morgan fingerprint density at radius 3 is 2.28 bits per heavy atom. The maximum absolute atomic E-state index is 12.4. The fraction of sp³-hybridized carbons (Fsp3) is 0. The molecule has 0 atom stereocenters. The van der Waals surface area contributed by atoms with Crippen molar-refractivity contribution in [2.24, 2.45) is 0 Å². The number of rotatable bonds is 5. The van der Waals surface area contributed by atoms with Gasteiger partial charge in [0.15, 0.2) is 5.82 Å². The molecule has 0 saturated carbocycles. The quantitative estimate of drug-likeness (QED) is 0.432. The molecule has 0 aliphatic rings. The van der Waals surface area contributed by atoms with Gasteiger partial charge in [-0.1, -0.05) is 24.3 Å². The molecule has 0 radical (unpaired) electrons. The summed E-state index contributed by atoms with van der Waals surface area (Å²) in [5.74, 6) is -0.526. The van der Waals surface area contributed by atoms with Crippen LogP contribution >= 0.6 is 0 Å². The fourth-order valence-electron chi connectivity index (χ4n) is 2.27. The highest BCUT2D eigenvalue weighted by molar-refractivity contribution is 6.07. The first-order valence-corrected chi connectivity index (χ1v) is 7.04. The Kier molecular flexibility index (Phi) is 4.04. The van der Waals surface area contributed by atoms with Crippen molar-refractivity contribution in [2.75, 3.05) is 0 Å². The molecule has 1 heterocycles. The molecule has 0 unspecified atom stereocenters. The standard InChI is InChI=1S/C16H10N4O5/c21-15(11-4-2-6-13(8-11)20(24)25)16-17-9-14(18-16)10-3-1-5-12(7-10)19(22)23/h1-9H,(H,17,18). The van der Waals surface area contributed by atoms with E-state index in [2.05, 4.69) is 9.97 Å². The average molecular weight is 338 g/mol. The molecule has 2 aromatic carbocycles. The van der Waals surface area contributed by atoms with Crippen molar-refractivity contribution in [3.63, 3.8) is 0 Å². The number of ketones is 1. The van der Waals surface area contributed by atoms with Crippen molar-refractivity contribution in [2.45, 2.75) is 0 Å². The lowest BCUT2D eigenvalue weighted by atomic mass is 10.1. The lowest BCUT2D eigenvalue weighted by molar-refractivity contribution is -0.385. The number of aromatic nitrogens is 2. The van der Waals surface area contributed by atoms with Gasteiger partial charge >= 0.3 is 0 Å². The number of hydrogen-bond donors (Lipinski definition) is 1. The molecule has 0 amide bonds. The van der Waals surface area contributed by atoms with E-state index >= 15 is 0 Å². The lowest BCUT2D eigenvalue weighted by Gasteiger charge is -1.99. The first-order valence-electron chi connectivity index (χ1n) is 7.04. The van der Waals surface area contributed by atoms with Gasteiger partial charge in [-0.05, 0) is 0 Å².